The Labute approximate surface area is 102 Å². The molecular formula is C11H14Br2O. The Morgan fingerprint density at radius 2 is 1.64 bits per heavy atom. The van der Waals surface area contributed by atoms with Gasteiger partial charge < -0.3 is 4.74 Å². The lowest BCUT2D eigenvalue weighted by atomic mass is 10.00. The molecule has 0 spiro atoms. The Bertz CT molecular complexity index is 328. The zero-order valence-electron chi connectivity index (χ0n) is 8.87. The Morgan fingerprint density at radius 1 is 1.07 bits per heavy atom. The molecule has 0 N–H and O–H groups in total. The zero-order chi connectivity index (χ0) is 10.9. The SMILES string of the molecule is COc1c(C)c(C)c(Br)c(CBr)c1C. The van der Waals surface area contributed by atoms with Crippen LogP contribution in [0.1, 0.15) is 22.3 Å². The summed E-state index contributed by atoms with van der Waals surface area (Å²) < 4.78 is 6.60. The van der Waals surface area contributed by atoms with Gasteiger partial charge in [0.25, 0.3) is 0 Å². The Hall–Kier alpha value is -0.0200. The third-order valence-electron chi connectivity index (χ3n) is 2.63. The van der Waals surface area contributed by atoms with Gasteiger partial charge in [0, 0.05) is 9.80 Å². The fraction of sp³-hybridized carbons (Fsp3) is 0.455. The second kappa shape index (κ2) is 4.67. The first kappa shape index (κ1) is 12.1. The van der Waals surface area contributed by atoms with Gasteiger partial charge in [-0.05, 0) is 43.0 Å². The lowest BCUT2D eigenvalue weighted by Crippen LogP contribution is -1.99. The summed E-state index contributed by atoms with van der Waals surface area (Å²) in [5, 5.41) is 0.844. The van der Waals surface area contributed by atoms with E-state index in [-0.39, 0.29) is 0 Å². The van der Waals surface area contributed by atoms with Crippen molar-refractivity contribution in [3.05, 3.63) is 26.7 Å². The van der Waals surface area contributed by atoms with Gasteiger partial charge in [-0.15, -0.1) is 0 Å². The molecule has 0 aliphatic rings. The molecule has 0 atom stereocenters. The second-order valence-electron chi connectivity index (χ2n) is 3.33. The van der Waals surface area contributed by atoms with E-state index in [1.54, 1.807) is 7.11 Å². The minimum absolute atomic E-state index is 0.844. The minimum atomic E-state index is 0.844. The molecule has 0 heterocycles. The van der Waals surface area contributed by atoms with Gasteiger partial charge in [0.05, 0.1) is 7.11 Å². The van der Waals surface area contributed by atoms with Gasteiger partial charge in [-0.3, -0.25) is 0 Å². The fourth-order valence-corrected chi connectivity index (χ4v) is 3.42. The fourth-order valence-electron chi connectivity index (χ4n) is 1.61. The van der Waals surface area contributed by atoms with Gasteiger partial charge in [-0.1, -0.05) is 31.9 Å². The van der Waals surface area contributed by atoms with Crippen LogP contribution in [0, 0.1) is 20.8 Å². The van der Waals surface area contributed by atoms with E-state index in [0.29, 0.717) is 0 Å². The van der Waals surface area contributed by atoms with Crippen LogP contribution in [-0.2, 0) is 5.33 Å². The van der Waals surface area contributed by atoms with Crippen molar-refractivity contribution in [1.82, 2.24) is 0 Å². The van der Waals surface area contributed by atoms with Crippen LogP contribution in [0.3, 0.4) is 0 Å². The first-order chi connectivity index (χ1) is 6.54. The Balaban J connectivity index is 3.56. The molecule has 78 valence electrons. The van der Waals surface area contributed by atoms with Crippen LogP contribution in [0.15, 0.2) is 4.47 Å². The Morgan fingerprint density at radius 3 is 2.07 bits per heavy atom. The average molecular weight is 322 g/mol. The van der Waals surface area contributed by atoms with Crippen LogP contribution in [0.4, 0.5) is 0 Å². The highest BCUT2D eigenvalue weighted by Gasteiger charge is 2.14. The van der Waals surface area contributed by atoms with Crippen molar-refractivity contribution >= 4 is 31.9 Å². The quantitative estimate of drug-likeness (QED) is 0.739. The van der Waals surface area contributed by atoms with Gasteiger partial charge in [0.2, 0.25) is 0 Å². The summed E-state index contributed by atoms with van der Waals surface area (Å²) in [6, 6.07) is 0. The average Bonchev–Trinajstić information content (AvgIpc) is 2.16. The molecule has 0 aromatic heterocycles. The number of methoxy groups -OCH3 is 1. The zero-order valence-corrected chi connectivity index (χ0v) is 12.0. The van der Waals surface area contributed by atoms with E-state index in [2.05, 4.69) is 52.6 Å². The number of hydrogen-bond acceptors (Lipinski definition) is 1. The third-order valence-corrected chi connectivity index (χ3v) is 4.26. The van der Waals surface area contributed by atoms with Crippen molar-refractivity contribution < 1.29 is 4.74 Å². The highest BCUT2D eigenvalue weighted by Crippen LogP contribution is 2.36. The molecule has 0 aliphatic carbocycles. The third kappa shape index (κ3) is 1.84. The molecule has 0 saturated carbocycles. The summed E-state index contributed by atoms with van der Waals surface area (Å²) in [7, 11) is 1.72. The summed E-state index contributed by atoms with van der Waals surface area (Å²) >= 11 is 7.12. The van der Waals surface area contributed by atoms with Crippen molar-refractivity contribution in [2.45, 2.75) is 26.1 Å². The van der Waals surface area contributed by atoms with E-state index in [9.17, 15) is 0 Å². The summed E-state index contributed by atoms with van der Waals surface area (Å²) in [6.45, 7) is 6.28. The van der Waals surface area contributed by atoms with Gasteiger partial charge in [0.1, 0.15) is 5.75 Å². The highest BCUT2D eigenvalue weighted by molar-refractivity contribution is 9.10. The maximum atomic E-state index is 5.41. The van der Waals surface area contributed by atoms with E-state index in [1.807, 2.05) is 0 Å². The van der Waals surface area contributed by atoms with E-state index < -0.39 is 0 Å². The summed E-state index contributed by atoms with van der Waals surface area (Å²) in [5.41, 5.74) is 4.94. The van der Waals surface area contributed by atoms with Gasteiger partial charge >= 0.3 is 0 Å². The standard InChI is InChI=1S/C11H14Br2O/c1-6-7(2)11(14-4)8(3)9(5-12)10(6)13/h5H2,1-4H3. The van der Waals surface area contributed by atoms with Crippen LogP contribution >= 0.6 is 31.9 Å². The van der Waals surface area contributed by atoms with Gasteiger partial charge in [0.15, 0.2) is 0 Å². The van der Waals surface area contributed by atoms with E-state index in [0.717, 1.165) is 11.1 Å². The molecule has 14 heavy (non-hydrogen) atoms. The lowest BCUT2D eigenvalue weighted by molar-refractivity contribution is 0.407. The lowest BCUT2D eigenvalue weighted by Gasteiger charge is -2.17. The Kier molecular flexibility index (Phi) is 4.02. The van der Waals surface area contributed by atoms with Crippen LogP contribution in [-0.4, -0.2) is 7.11 Å². The molecule has 0 bridgehead atoms. The molecular weight excluding hydrogens is 308 g/mol. The molecule has 0 radical (unpaired) electrons. The molecule has 3 heteroatoms. The molecule has 0 amide bonds. The van der Waals surface area contributed by atoms with Crippen molar-refractivity contribution in [2.75, 3.05) is 7.11 Å². The van der Waals surface area contributed by atoms with Crippen molar-refractivity contribution in [3.8, 4) is 5.75 Å². The summed E-state index contributed by atoms with van der Waals surface area (Å²) in [5.74, 6) is 1.00. The first-order valence-corrected chi connectivity index (χ1v) is 6.34. The predicted octanol–water partition coefficient (Wildman–Crippen LogP) is 4.28. The molecule has 0 saturated heterocycles. The monoisotopic (exact) mass is 320 g/mol. The topological polar surface area (TPSA) is 9.23 Å². The normalized spacial score (nSPS) is 10.4. The van der Waals surface area contributed by atoms with Crippen LogP contribution in [0.25, 0.3) is 0 Å². The van der Waals surface area contributed by atoms with Gasteiger partial charge in [-0.25, -0.2) is 0 Å². The van der Waals surface area contributed by atoms with Crippen LogP contribution in [0.5, 0.6) is 5.75 Å². The van der Waals surface area contributed by atoms with Crippen LogP contribution < -0.4 is 4.74 Å². The predicted molar refractivity (Wildman–Crippen MR) is 67.5 cm³/mol. The summed E-state index contributed by atoms with van der Waals surface area (Å²) in [6.07, 6.45) is 0. The smallest absolute Gasteiger partial charge is 0.125 e. The highest BCUT2D eigenvalue weighted by atomic mass is 79.9. The second-order valence-corrected chi connectivity index (χ2v) is 4.69. The number of rotatable bonds is 2. The largest absolute Gasteiger partial charge is 0.496 e. The molecule has 1 rings (SSSR count). The molecule has 0 unspecified atom stereocenters. The molecule has 0 aliphatic heterocycles. The maximum Gasteiger partial charge on any atom is 0.125 e. The van der Waals surface area contributed by atoms with E-state index in [4.69, 9.17) is 4.74 Å². The number of alkyl halides is 1. The molecule has 1 aromatic rings. The number of ether oxygens (including phenoxy) is 1. The van der Waals surface area contributed by atoms with Crippen molar-refractivity contribution in [2.24, 2.45) is 0 Å². The molecule has 1 aromatic carbocycles. The van der Waals surface area contributed by atoms with E-state index >= 15 is 0 Å². The molecule has 1 nitrogen and oxygen atoms in total. The maximum absolute atomic E-state index is 5.41. The summed E-state index contributed by atoms with van der Waals surface area (Å²) in [4.78, 5) is 0. The number of benzene rings is 1. The number of halogens is 2. The van der Waals surface area contributed by atoms with E-state index in [1.165, 1.54) is 26.7 Å². The number of hydrogen-bond donors (Lipinski definition) is 0. The minimum Gasteiger partial charge on any atom is -0.496 e. The van der Waals surface area contributed by atoms with Crippen LogP contribution in [0.2, 0.25) is 0 Å². The van der Waals surface area contributed by atoms with Gasteiger partial charge in [-0.2, -0.15) is 0 Å². The first-order valence-electron chi connectivity index (χ1n) is 4.42. The van der Waals surface area contributed by atoms with Crippen molar-refractivity contribution in [3.63, 3.8) is 0 Å². The molecule has 0 fully saturated rings. The van der Waals surface area contributed by atoms with Crippen molar-refractivity contribution in [1.29, 1.82) is 0 Å².